The second-order valence-corrected chi connectivity index (χ2v) is 26.3. The zero-order chi connectivity index (χ0) is 38.3. The zero-order valence-electron chi connectivity index (χ0n) is 31.7. The summed E-state index contributed by atoms with van der Waals surface area (Å²) in [7, 11) is 0. The fraction of sp³-hybridized carbons (Fsp3) is 0.0847. The third kappa shape index (κ3) is 1.20. The lowest BCUT2D eigenvalue weighted by atomic mass is 9.26. The van der Waals surface area contributed by atoms with Crippen molar-refractivity contribution in [2.45, 2.75) is 25.3 Å². The van der Waals surface area contributed by atoms with Gasteiger partial charge in [-0.15, -0.1) is 46.4 Å². The summed E-state index contributed by atoms with van der Waals surface area (Å²) >= 11 is 37.2. The maximum atomic E-state index is 9.31. The first kappa shape index (κ1) is 24.5. The Morgan fingerprint density at radius 2 is 0.406 bits per heavy atom. The molecule has 5 heteroatoms. The van der Waals surface area contributed by atoms with E-state index in [1.165, 1.54) is 175 Å². The quantitative estimate of drug-likeness (QED) is 0.0809. The van der Waals surface area contributed by atoms with Crippen molar-refractivity contribution < 1.29 is 0 Å². The van der Waals surface area contributed by atoms with Crippen LogP contribution in [0.15, 0.2) is 22.3 Å². The average Bonchev–Trinajstić information content (AvgIpc) is 4.14. The molecule has 0 N–H and O–H groups in total. The number of halogens is 4. The molecule has 3 aliphatic heterocycles. The highest BCUT2D eigenvalue weighted by molar-refractivity contribution is 6.98. The molecule has 8 aliphatic carbocycles. The van der Waals surface area contributed by atoms with Crippen molar-refractivity contribution in [3.63, 3.8) is 0 Å². The summed E-state index contributed by atoms with van der Waals surface area (Å²) in [6.45, 7) is 0.135. The third-order valence-electron chi connectivity index (χ3n) is 24.1. The summed E-state index contributed by atoms with van der Waals surface area (Å²) in [5.41, 5.74) is 19.3. The fourth-order valence-corrected chi connectivity index (χ4v) is 26.6. The van der Waals surface area contributed by atoms with E-state index in [2.05, 4.69) is 0 Å². The molecule has 4 unspecified atom stereocenters. The summed E-state index contributed by atoms with van der Waals surface area (Å²) in [6.07, 6.45) is 0. The molecule has 0 spiro atoms. The molecular weight excluding hydrogens is 861 g/mol. The molecule has 11 aliphatic rings. The standard InChI is InChI=1S/C59HBCl4/c61-56-41-31-21-11-6-1-2-4-5-3(1)8-14-12(6)22(21)32-34-24(14)26-16(8)18-10(5)20-19-9(4)17-15-7(2)13(11)23-25(15)35-37-27(17)29(19)39-40-30(20)28(18)38-36(26)46-44(34)57(62,42(32)41)50-49(56)51-55-52(50)59(46,64)48(38)54(40)60(55)53(39)47(37)58(51,63)45(35)43(56)33(23)31/h55H. The molecule has 0 amide bonds. The van der Waals surface area contributed by atoms with Crippen LogP contribution in [0.3, 0.4) is 0 Å². The van der Waals surface area contributed by atoms with Gasteiger partial charge in [-0.3, -0.25) is 0 Å². The van der Waals surface area contributed by atoms with Gasteiger partial charge in [0.1, 0.15) is 19.5 Å². The van der Waals surface area contributed by atoms with E-state index in [4.69, 9.17) is 0 Å². The van der Waals surface area contributed by atoms with Crippen LogP contribution in [0, 0.1) is 0 Å². The van der Waals surface area contributed by atoms with Crippen LogP contribution in [0.25, 0.3) is 215 Å². The molecule has 3 heterocycles. The predicted molar refractivity (Wildman–Crippen MR) is 267 cm³/mol. The summed E-state index contributed by atoms with van der Waals surface area (Å²) < 4.78 is 0. The molecule has 64 heavy (non-hydrogen) atoms. The molecule has 0 fully saturated rings. The second-order valence-electron chi connectivity index (χ2n) is 24.0. The van der Waals surface area contributed by atoms with Crippen molar-refractivity contribution >= 4 is 279 Å². The first-order valence-electron chi connectivity index (χ1n) is 23.5. The molecular formula is C59HBCl4. The Labute approximate surface area is 369 Å². The molecule has 0 aromatic heterocycles. The molecule has 4 atom stereocenters. The van der Waals surface area contributed by atoms with Gasteiger partial charge in [-0.25, -0.2) is 0 Å². The van der Waals surface area contributed by atoms with Gasteiger partial charge in [-0.05, 0) is 288 Å². The van der Waals surface area contributed by atoms with Gasteiger partial charge in [-0.2, -0.15) is 0 Å². The minimum Gasteiger partial charge on any atom is -0.104 e. The number of rotatable bonds is 0. The lowest BCUT2D eigenvalue weighted by molar-refractivity contribution is 0.678. The van der Waals surface area contributed by atoms with Gasteiger partial charge in [0.15, 0.2) is 0 Å². The van der Waals surface area contributed by atoms with Crippen LogP contribution in [0.1, 0.15) is 44.5 Å². The molecule has 0 saturated carbocycles. The minimum atomic E-state index is -0.908. The Morgan fingerprint density at radius 3 is 0.656 bits per heavy atom. The average molecular weight is 862 g/mol. The fourth-order valence-electron chi connectivity index (χ4n) is 24.3. The maximum absolute atomic E-state index is 9.31. The van der Waals surface area contributed by atoms with E-state index in [0.29, 0.717) is 0 Å². The van der Waals surface area contributed by atoms with Crippen LogP contribution in [0.5, 0.6) is 0 Å². The van der Waals surface area contributed by atoms with Crippen LogP contribution in [-0.4, -0.2) is 6.71 Å². The Bertz CT molecular complexity index is 6230. The van der Waals surface area contributed by atoms with Crippen molar-refractivity contribution in [2.75, 3.05) is 0 Å². The number of hydrogen-bond donors (Lipinski definition) is 0. The van der Waals surface area contributed by atoms with Crippen molar-refractivity contribution in [3.05, 3.63) is 66.8 Å². The molecule has 268 valence electrons. The summed E-state index contributed by atoms with van der Waals surface area (Å²) in [5, 5.41) is 61.0. The van der Waals surface area contributed by atoms with Crippen molar-refractivity contribution in [1.82, 2.24) is 0 Å². The van der Waals surface area contributed by atoms with Gasteiger partial charge in [0.25, 0.3) is 0 Å². The number of benzene rings is 15. The predicted octanol–water partition coefficient (Wildman–Crippen LogP) is 14.8. The normalized spacial score (nSPS) is 30.8. The summed E-state index contributed by atoms with van der Waals surface area (Å²) in [6, 6.07) is 0. The van der Waals surface area contributed by atoms with Gasteiger partial charge in [0.2, 0.25) is 6.71 Å². The highest BCUT2D eigenvalue weighted by Crippen LogP contribution is 2.89. The monoisotopic (exact) mass is 860 g/mol. The topological polar surface area (TPSA) is 0 Å². The van der Waals surface area contributed by atoms with Crippen LogP contribution in [0.2, 0.25) is 5.82 Å². The lowest BCUT2D eigenvalue weighted by Crippen LogP contribution is -2.59. The Kier molecular flexibility index (Phi) is 1.99. The first-order valence-corrected chi connectivity index (χ1v) is 25.0. The molecule has 0 bridgehead atoms. The number of allylic oxidation sites excluding steroid dienone is 4. The van der Waals surface area contributed by atoms with Crippen LogP contribution < -0.4 is 10.9 Å². The molecule has 0 saturated heterocycles. The third-order valence-corrected chi connectivity index (χ3v) is 26.4. The summed E-state index contributed by atoms with van der Waals surface area (Å²) in [4.78, 5) is -3.54. The first-order chi connectivity index (χ1) is 31.5. The lowest BCUT2D eigenvalue weighted by Gasteiger charge is -2.50. The van der Waals surface area contributed by atoms with E-state index in [-0.39, 0.29) is 12.5 Å². The van der Waals surface area contributed by atoms with Crippen molar-refractivity contribution in [3.8, 4) is 0 Å². The Balaban J connectivity index is 1.25. The SMILES string of the molecule is ClC12C3=C4C5=C6C3B3c7c1c1c8c2c2c9c%10c(c%11c%12c%13c(c%14c%15c%16c(c3c3c7c7c1c1c%17c8c9c8c9c%10c%12c%10c%12c%13c%15c%13c%15c%16c3c3c7c1c1c(c3%15)c(c%13%12)c(c9%10)c1c%178)C6%14Cl)C5%11Cl)C42Cl. The highest BCUT2D eigenvalue weighted by atomic mass is 35.5. The maximum Gasteiger partial charge on any atom is 0.223 e. The molecule has 21 aromatic rings. The minimum absolute atomic E-state index is 0.00171. The molecule has 0 radical (unpaired) electrons. The van der Waals surface area contributed by atoms with E-state index in [1.54, 1.807) is 119 Å². The van der Waals surface area contributed by atoms with Gasteiger partial charge in [0, 0.05) is 0 Å². The number of alkyl halides is 4. The van der Waals surface area contributed by atoms with Gasteiger partial charge in [0.05, 0.1) is 0 Å². The van der Waals surface area contributed by atoms with Crippen molar-refractivity contribution in [2.24, 2.45) is 0 Å². The largest absolute Gasteiger partial charge is 0.223 e. The van der Waals surface area contributed by atoms with E-state index in [1.807, 2.05) is 0 Å². The number of hydrogen-bond acceptors (Lipinski definition) is 0. The Hall–Kier alpha value is -5.80. The molecule has 0 nitrogen and oxygen atoms in total. The van der Waals surface area contributed by atoms with E-state index in [0.717, 1.165) is 0 Å². The molecule has 32 rings (SSSR count). The van der Waals surface area contributed by atoms with Crippen LogP contribution >= 0.6 is 46.4 Å². The highest BCUT2D eigenvalue weighted by Gasteiger charge is 2.79. The Morgan fingerprint density at radius 1 is 0.219 bits per heavy atom. The summed E-state index contributed by atoms with van der Waals surface area (Å²) in [5.74, 6) is 0.00171. The second kappa shape index (κ2) is 5.21. The van der Waals surface area contributed by atoms with E-state index < -0.39 is 19.5 Å². The van der Waals surface area contributed by atoms with Gasteiger partial charge >= 0.3 is 0 Å². The molecule has 21 aromatic carbocycles. The van der Waals surface area contributed by atoms with Crippen LogP contribution in [-0.2, 0) is 19.5 Å². The van der Waals surface area contributed by atoms with E-state index in [9.17, 15) is 46.4 Å². The van der Waals surface area contributed by atoms with Crippen molar-refractivity contribution in [1.29, 1.82) is 0 Å². The zero-order valence-corrected chi connectivity index (χ0v) is 34.7. The van der Waals surface area contributed by atoms with Gasteiger partial charge in [-0.1, -0.05) is 10.9 Å². The van der Waals surface area contributed by atoms with E-state index >= 15 is 0 Å². The van der Waals surface area contributed by atoms with Gasteiger partial charge < -0.3 is 0 Å². The smallest absolute Gasteiger partial charge is 0.104 e. The van der Waals surface area contributed by atoms with Crippen LogP contribution in [0.4, 0.5) is 0 Å².